The summed E-state index contributed by atoms with van der Waals surface area (Å²) in [5.41, 5.74) is 1.45. The normalized spacial score (nSPS) is 12.3. The zero-order valence-corrected chi connectivity index (χ0v) is 11.2. The molecule has 17 heavy (non-hydrogen) atoms. The smallest absolute Gasteiger partial charge is 0.290 e. The maximum absolute atomic E-state index is 12.1. The lowest BCUT2D eigenvalue weighted by Crippen LogP contribution is -2.27. The predicted molar refractivity (Wildman–Crippen MR) is 69.4 cm³/mol. The lowest BCUT2D eigenvalue weighted by Gasteiger charge is -2.18. The number of halogens is 1. The van der Waals surface area contributed by atoms with Crippen LogP contribution in [0.5, 0.6) is 0 Å². The highest BCUT2D eigenvalue weighted by Crippen LogP contribution is 2.20. The monoisotopic (exact) mass is 253 g/mol. The Kier molecular flexibility index (Phi) is 2.78. The van der Waals surface area contributed by atoms with E-state index in [0.717, 1.165) is 5.52 Å². The number of aromatic nitrogens is 3. The van der Waals surface area contributed by atoms with Crippen molar-refractivity contribution in [2.75, 3.05) is 0 Å². The molecule has 0 aliphatic heterocycles. The third kappa shape index (κ3) is 2.22. The van der Waals surface area contributed by atoms with Crippen molar-refractivity contribution in [2.24, 2.45) is 12.5 Å². The van der Waals surface area contributed by atoms with Gasteiger partial charge in [0.05, 0.1) is 5.52 Å². The van der Waals surface area contributed by atoms with E-state index in [4.69, 9.17) is 11.6 Å². The van der Waals surface area contributed by atoms with E-state index in [1.165, 1.54) is 4.57 Å². The van der Waals surface area contributed by atoms with Crippen molar-refractivity contribution in [3.8, 4) is 0 Å². The molecule has 2 aromatic rings. The molecular weight excluding hydrogens is 238 g/mol. The highest BCUT2D eigenvalue weighted by Gasteiger charge is 2.18. The molecule has 0 aliphatic carbocycles. The third-order valence-corrected chi connectivity index (χ3v) is 2.79. The molecule has 0 aromatic carbocycles. The van der Waals surface area contributed by atoms with Gasteiger partial charge in [-0.25, -0.2) is 9.78 Å². The van der Waals surface area contributed by atoms with Gasteiger partial charge in [0.25, 0.3) is 0 Å². The Labute approximate surface area is 105 Å². The standard InChI is InChI=1S/C12H16ClN3O/c1-12(2,3)7-16-8-5-6-9(13)14-10(8)15(4)11(16)17/h5-6H,7H2,1-4H3. The molecule has 0 fully saturated rings. The van der Waals surface area contributed by atoms with Gasteiger partial charge in [-0.05, 0) is 17.5 Å². The highest BCUT2D eigenvalue weighted by atomic mass is 35.5. The van der Waals surface area contributed by atoms with Gasteiger partial charge in [0.1, 0.15) is 5.15 Å². The zero-order valence-electron chi connectivity index (χ0n) is 10.5. The largest absolute Gasteiger partial charge is 0.330 e. The quantitative estimate of drug-likeness (QED) is 0.733. The number of pyridine rings is 1. The average Bonchev–Trinajstić information content (AvgIpc) is 2.42. The summed E-state index contributed by atoms with van der Waals surface area (Å²) >= 11 is 5.85. The summed E-state index contributed by atoms with van der Waals surface area (Å²) in [6, 6.07) is 3.56. The van der Waals surface area contributed by atoms with Crippen LogP contribution < -0.4 is 5.69 Å². The number of hydrogen-bond donors (Lipinski definition) is 0. The molecule has 0 saturated heterocycles. The van der Waals surface area contributed by atoms with Crippen LogP contribution in [0.25, 0.3) is 11.2 Å². The average molecular weight is 254 g/mol. The van der Waals surface area contributed by atoms with Crippen LogP contribution >= 0.6 is 11.6 Å². The van der Waals surface area contributed by atoms with E-state index < -0.39 is 0 Å². The second-order valence-electron chi connectivity index (χ2n) is 5.47. The molecule has 5 heteroatoms. The first-order chi connectivity index (χ1) is 7.79. The lowest BCUT2D eigenvalue weighted by atomic mass is 9.97. The Hall–Kier alpha value is -1.29. The second-order valence-corrected chi connectivity index (χ2v) is 5.85. The molecule has 0 spiro atoms. The Balaban J connectivity index is 2.72. The molecular formula is C12H16ClN3O. The topological polar surface area (TPSA) is 39.8 Å². The van der Waals surface area contributed by atoms with Crippen molar-refractivity contribution in [1.29, 1.82) is 0 Å². The summed E-state index contributed by atoms with van der Waals surface area (Å²) in [7, 11) is 1.72. The first-order valence-corrected chi connectivity index (χ1v) is 5.89. The molecule has 0 atom stereocenters. The van der Waals surface area contributed by atoms with Gasteiger partial charge in [0.15, 0.2) is 5.65 Å². The summed E-state index contributed by atoms with van der Waals surface area (Å²) in [4.78, 5) is 16.3. The maximum Gasteiger partial charge on any atom is 0.330 e. The van der Waals surface area contributed by atoms with Gasteiger partial charge in [0, 0.05) is 13.6 Å². The first kappa shape index (κ1) is 12.2. The van der Waals surface area contributed by atoms with E-state index >= 15 is 0 Å². The lowest BCUT2D eigenvalue weighted by molar-refractivity contribution is 0.342. The molecule has 92 valence electrons. The molecule has 2 aromatic heterocycles. The molecule has 0 radical (unpaired) electrons. The molecule has 2 heterocycles. The summed E-state index contributed by atoms with van der Waals surface area (Å²) in [6.45, 7) is 6.96. The van der Waals surface area contributed by atoms with E-state index in [2.05, 4.69) is 25.8 Å². The van der Waals surface area contributed by atoms with Gasteiger partial charge in [-0.15, -0.1) is 0 Å². The van der Waals surface area contributed by atoms with Crippen LogP contribution in [0.3, 0.4) is 0 Å². The van der Waals surface area contributed by atoms with Crippen LogP contribution in [0.1, 0.15) is 20.8 Å². The third-order valence-electron chi connectivity index (χ3n) is 2.58. The highest BCUT2D eigenvalue weighted by molar-refractivity contribution is 6.29. The first-order valence-electron chi connectivity index (χ1n) is 5.51. The number of nitrogens with zero attached hydrogens (tertiary/aromatic N) is 3. The maximum atomic E-state index is 12.1. The van der Waals surface area contributed by atoms with Gasteiger partial charge < -0.3 is 0 Å². The number of hydrogen-bond acceptors (Lipinski definition) is 2. The van der Waals surface area contributed by atoms with Crippen molar-refractivity contribution < 1.29 is 0 Å². The molecule has 0 aliphatic rings. The van der Waals surface area contributed by atoms with Crippen molar-refractivity contribution in [3.05, 3.63) is 27.8 Å². The van der Waals surface area contributed by atoms with Crippen LogP contribution in [-0.2, 0) is 13.6 Å². The minimum atomic E-state index is -0.0512. The van der Waals surface area contributed by atoms with E-state index in [-0.39, 0.29) is 11.1 Å². The Morgan fingerprint density at radius 1 is 1.35 bits per heavy atom. The van der Waals surface area contributed by atoms with Crippen LogP contribution in [-0.4, -0.2) is 14.1 Å². The predicted octanol–water partition coefficient (Wildman–Crippen LogP) is 2.43. The summed E-state index contributed by atoms with van der Waals surface area (Å²) < 4.78 is 3.28. The van der Waals surface area contributed by atoms with Gasteiger partial charge >= 0.3 is 5.69 Å². The Morgan fingerprint density at radius 3 is 2.59 bits per heavy atom. The Morgan fingerprint density at radius 2 is 2.00 bits per heavy atom. The minimum absolute atomic E-state index is 0.0394. The van der Waals surface area contributed by atoms with Crippen LogP contribution in [0, 0.1) is 5.41 Å². The van der Waals surface area contributed by atoms with Crippen molar-refractivity contribution in [1.82, 2.24) is 14.1 Å². The summed E-state index contributed by atoms with van der Waals surface area (Å²) in [5.74, 6) is 0. The van der Waals surface area contributed by atoms with E-state index in [0.29, 0.717) is 17.3 Å². The molecule has 2 rings (SSSR count). The van der Waals surface area contributed by atoms with Crippen molar-refractivity contribution in [3.63, 3.8) is 0 Å². The van der Waals surface area contributed by atoms with Gasteiger partial charge in [-0.2, -0.15) is 0 Å². The Bertz CT molecular complexity index is 619. The van der Waals surface area contributed by atoms with Gasteiger partial charge in [-0.1, -0.05) is 32.4 Å². The molecule has 0 amide bonds. The number of imidazole rings is 1. The molecule has 0 saturated carbocycles. The fourth-order valence-electron chi connectivity index (χ4n) is 1.88. The zero-order chi connectivity index (χ0) is 12.8. The van der Waals surface area contributed by atoms with Crippen LogP contribution in [0.4, 0.5) is 0 Å². The molecule has 0 N–H and O–H groups in total. The fraction of sp³-hybridized carbons (Fsp3) is 0.500. The van der Waals surface area contributed by atoms with Gasteiger partial charge in [-0.3, -0.25) is 9.13 Å². The summed E-state index contributed by atoms with van der Waals surface area (Å²) in [5, 5.41) is 0.404. The fourth-order valence-corrected chi connectivity index (χ4v) is 2.02. The van der Waals surface area contributed by atoms with E-state index in [1.807, 2.05) is 6.07 Å². The van der Waals surface area contributed by atoms with E-state index in [9.17, 15) is 4.79 Å². The number of aryl methyl sites for hydroxylation is 1. The molecule has 0 bridgehead atoms. The van der Waals surface area contributed by atoms with Crippen LogP contribution in [0.15, 0.2) is 16.9 Å². The van der Waals surface area contributed by atoms with Gasteiger partial charge in [0.2, 0.25) is 0 Å². The number of fused-ring (bicyclic) bond motifs is 1. The summed E-state index contributed by atoms with van der Waals surface area (Å²) in [6.07, 6.45) is 0. The minimum Gasteiger partial charge on any atom is -0.290 e. The molecule has 0 unspecified atom stereocenters. The SMILES string of the molecule is Cn1c(=O)n(CC(C)(C)C)c2ccc(Cl)nc21. The van der Waals surface area contributed by atoms with Crippen molar-refractivity contribution in [2.45, 2.75) is 27.3 Å². The van der Waals surface area contributed by atoms with Crippen molar-refractivity contribution >= 4 is 22.8 Å². The molecule has 4 nitrogen and oxygen atoms in total. The number of rotatable bonds is 1. The van der Waals surface area contributed by atoms with Crippen LogP contribution in [0.2, 0.25) is 5.15 Å². The van der Waals surface area contributed by atoms with E-state index in [1.54, 1.807) is 17.7 Å². The second kappa shape index (κ2) is 3.88.